The first kappa shape index (κ1) is 21.2. The van der Waals surface area contributed by atoms with Gasteiger partial charge in [0, 0.05) is 17.2 Å². The van der Waals surface area contributed by atoms with Gasteiger partial charge in [0.1, 0.15) is 6.54 Å². The van der Waals surface area contributed by atoms with Gasteiger partial charge in [0.2, 0.25) is 0 Å². The summed E-state index contributed by atoms with van der Waals surface area (Å²) in [6.07, 6.45) is 0. The number of ether oxygens (including phenoxy) is 3. The van der Waals surface area contributed by atoms with Crippen molar-refractivity contribution in [1.29, 1.82) is 0 Å². The first-order valence-electron chi connectivity index (χ1n) is 8.24. The fourth-order valence-corrected chi connectivity index (χ4v) is 4.17. The predicted octanol–water partition coefficient (Wildman–Crippen LogP) is 3.94. The number of fused-ring (bicyclic) bond motifs is 1. The minimum absolute atomic E-state index is 0.132. The number of hydrogen-bond acceptors (Lipinski definition) is 6. The Morgan fingerprint density at radius 2 is 1.76 bits per heavy atom. The monoisotopic (exact) mass is 454 g/mol. The molecule has 29 heavy (non-hydrogen) atoms. The maximum Gasteiger partial charge on any atom is 0.325 e. The Morgan fingerprint density at radius 3 is 2.38 bits per heavy atom. The van der Waals surface area contributed by atoms with Crippen LogP contribution in [0.25, 0.3) is 10.2 Å². The number of carbonyl (C=O) groups excluding carboxylic acids is 2. The number of thiazole rings is 1. The van der Waals surface area contributed by atoms with E-state index in [1.54, 1.807) is 22.8 Å². The highest BCUT2D eigenvalue weighted by atomic mass is 35.5. The van der Waals surface area contributed by atoms with E-state index in [2.05, 4.69) is 4.99 Å². The van der Waals surface area contributed by atoms with E-state index in [1.165, 1.54) is 44.8 Å². The van der Waals surface area contributed by atoms with E-state index in [1.807, 2.05) is 0 Å². The molecule has 10 heteroatoms. The molecule has 3 rings (SSSR count). The molecular formula is C19H16Cl2N2O5S. The summed E-state index contributed by atoms with van der Waals surface area (Å²) in [5.74, 6) is -0.0474. The number of halogens is 2. The van der Waals surface area contributed by atoms with E-state index in [0.717, 1.165) is 4.70 Å². The molecule has 7 nitrogen and oxygen atoms in total. The van der Waals surface area contributed by atoms with Crippen LogP contribution in [-0.4, -0.2) is 37.8 Å². The third-order valence-electron chi connectivity index (χ3n) is 4.06. The number of carbonyl (C=O) groups is 2. The molecular weight excluding hydrogens is 439 g/mol. The molecule has 152 valence electrons. The van der Waals surface area contributed by atoms with Crippen LogP contribution in [0.15, 0.2) is 35.3 Å². The molecule has 0 radical (unpaired) electrons. The highest BCUT2D eigenvalue weighted by Gasteiger charge is 2.17. The van der Waals surface area contributed by atoms with E-state index >= 15 is 0 Å². The van der Waals surface area contributed by atoms with Crippen LogP contribution in [0.4, 0.5) is 0 Å². The molecule has 0 aliphatic heterocycles. The average Bonchev–Trinajstić information content (AvgIpc) is 3.02. The maximum atomic E-state index is 12.7. The summed E-state index contributed by atoms with van der Waals surface area (Å²) in [5.41, 5.74) is 0.847. The second-order valence-electron chi connectivity index (χ2n) is 5.76. The number of nitrogens with zero attached hydrogens (tertiary/aromatic N) is 2. The van der Waals surface area contributed by atoms with Gasteiger partial charge in [-0.15, -0.1) is 0 Å². The Balaban J connectivity index is 2.21. The van der Waals surface area contributed by atoms with Crippen molar-refractivity contribution in [2.45, 2.75) is 6.54 Å². The van der Waals surface area contributed by atoms with Gasteiger partial charge in [-0.2, -0.15) is 4.99 Å². The number of hydrogen-bond donors (Lipinski definition) is 0. The van der Waals surface area contributed by atoms with Gasteiger partial charge in [-0.1, -0.05) is 34.5 Å². The second-order valence-corrected chi connectivity index (χ2v) is 7.62. The Labute approximate surface area is 180 Å². The van der Waals surface area contributed by atoms with E-state index in [4.69, 9.17) is 37.4 Å². The van der Waals surface area contributed by atoms with Crippen LogP contribution in [0.2, 0.25) is 10.0 Å². The normalized spacial score (nSPS) is 11.6. The zero-order chi connectivity index (χ0) is 21.1. The Bertz CT molecular complexity index is 1170. The average molecular weight is 455 g/mol. The Morgan fingerprint density at radius 1 is 1.07 bits per heavy atom. The summed E-state index contributed by atoms with van der Waals surface area (Å²) in [4.78, 5) is 29.1. The number of aromatic nitrogens is 1. The molecule has 0 unspecified atom stereocenters. The van der Waals surface area contributed by atoms with Crippen molar-refractivity contribution in [3.8, 4) is 11.5 Å². The summed E-state index contributed by atoms with van der Waals surface area (Å²) < 4.78 is 17.8. The molecule has 0 spiro atoms. The van der Waals surface area contributed by atoms with Crippen LogP contribution in [-0.2, 0) is 16.1 Å². The quantitative estimate of drug-likeness (QED) is 0.545. The molecule has 0 saturated carbocycles. The lowest BCUT2D eigenvalue weighted by atomic mass is 10.2. The van der Waals surface area contributed by atoms with Crippen LogP contribution in [0, 0.1) is 0 Å². The highest BCUT2D eigenvalue weighted by Crippen LogP contribution is 2.33. The summed E-state index contributed by atoms with van der Waals surface area (Å²) >= 11 is 13.2. The Kier molecular flexibility index (Phi) is 6.46. The van der Waals surface area contributed by atoms with Crippen LogP contribution < -0.4 is 14.3 Å². The van der Waals surface area contributed by atoms with Crippen molar-refractivity contribution in [2.75, 3.05) is 21.3 Å². The van der Waals surface area contributed by atoms with E-state index in [9.17, 15) is 9.59 Å². The minimum Gasteiger partial charge on any atom is -0.493 e. The van der Waals surface area contributed by atoms with E-state index in [-0.39, 0.29) is 17.1 Å². The van der Waals surface area contributed by atoms with Crippen molar-refractivity contribution in [2.24, 2.45) is 4.99 Å². The topological polar surface area (TPSA) is 79.1 Å². The Hall–Kier alpha value is -2.55. The number of benzene rings is 2. The first-order chi connectivity index (χ1) is 13.9. The third-order valence-corrected chi connectivity index (χ3v) is 5.65. The van der Waals surface area contributed by atoms with Gasteiger partial charge in [0.25, 0.3) is 5.91 Å². The van der Waals surface area contributed by atoms with Gasteiger partial charge < -0.3 is 18.8 Å². The number of amides is 1. The molecule has 3 aromatic rings. The van der Waals surface area contributed by atoms with Crippen LogP contribution in [0.3, 0.4) is 0 Å². The second kappa shape index (κ2) is 8.86. The molecule has 1 heterocycles. The van der Waals surface area contributed by atoms with Crippen LogP contribution in [0.1, 0.15) is 10.4 Å². The van der Waals surface area contributed by atoms with Crippen molar-refractivity contribution >= 4 is 56.6 Å². The van der Waals surface area contributed by atoms with Crippen molar-refractivity contribution in [3.05, 3.63) is 50.7 Å². The van der Waals surface area contributed by atoms with Crippen molar-refractivity contribution in [1.82, 2.24) is 4.57 Å². The van der Waals surface area contributed by atoms with Gasteiger partial charge in [-0.3, -0.25) is 9.59 Å². The highest BCUT2D eigenvalue weighted by molar-refractivity contribution is 7.16. The van der Waals surface area contributed by atoms with Crippen LogP contribution >= 0.6 is 34.5 Å². The number of methoxy groups -OCH3 is 3. The lowest BCUT2D eigenvalue weighted by Crippen LogP contribution is -2.22. The molecule has 0 atom stereocenters. The van der Waals surface area contributed by atoms with Crippen LogP contribution in [0.5, 0.6) is 11.5 Å². The van der Waals surface area contributed by atoms with E-state index in [0.29, 0.717) is 26.8 Å². The predicted molar refractivity (Wildman–Crippen MR) is 111 cm³/mol. The smallest absolute Gasteiger partial charge is 0.325 e. The van der Waals surface area contributed by atoms with Gasteiger partial charge in [-0.25, -0.2) is 0 Å². The summed E-state index contributed by atoms with van der Waals surface area (Å²) in [7, 11) is 4.33. The molecule has 0 N–H and O–H groups in total. The largest absolute Gasteiger partial charge is 0.493 e. The van der Waals surface area contributed by atoms with Crippen molar-refractivity contribution in [3.63, 3.8) is 0 Å². The summed E-state index contributed by atoms with van der Waals surface area (Å²) in [6, 6.07) is 7.99. The molecule has 1 aromatic heterocycles. The molecule has 0 aliphatic rings. The fourth-order valence-electron chi connectivity index (χ4n) is 2.64. The third kappa shape index (κ3) is 4.39. The molecule has 0 aliphatic carbocycles. The molecule has 1 amide bonds. The zero-order valence-corrected chi connectivity index (χ0v) is 18.0. The molecule has 0 fully saturated rings. The lowest BCUT2D eigenvalue weighted by molar-refractivity contribution is -0.141. The SMILES string of the molecule is COC(=O)Cn1c(=NC(=O)c2ccc(Cl)cc2Cl)sc2cc(OC)c(OC)cc21. The van der Waals surface area contributed by atoms with E-state index < -0.39 is 11.9 Å². The zero-order valence-electron chi connectivity index (χ0n) is 15.7. The number of rotatable bonds is 5. The maximum absolute atomic E-state index is 12.7. The van der Waals surface area contributed by atoms with Gasteiger partial charge in [-0.05, 0) is 18.2 Å². The number of esters is 1. The molecule has 0 bridgehead atoms. The summed E-state index contributed by atoms with van der Waals surface area (Å²) in [5, 5.41) is 0.601. The van der Waals surface area contributed by atoms with Gasteiger partial charge >= 0.3 is 5.97 Å². The van der Waals surface area contributed by atoms with Gasteiger partial charge in [0.15, 0.2) is 16.3 Å². The van der Waals surface area contributed by atoms with Gasteiger partial charge in [0.05, 0.1) is 42.1 Å². The fraction of sp³-hybridized carbons (Fsp3) is 0.211. The molecule has 2 aromatic carbocycles. The summed E-state index contributed by atoms with van der Waals surface area (Å²) in [6.45, 7) is -0.132. The molecule has 0 saturated heterocycles. The lowest BCUT2D eigenvalue weighted by Gasteiger charge is -2.09. The van der Waals surface area contributed by atoms with Crippen molar-refractivity contribution < 1.29 is 23.8 Å². The standard InChI is InChI=1S/C19H16Cl2N2O5S/c1-26-14-7-13-16(8-15(14)27-2)29-19(23(13)9-17(24)28-3)22-18(25)11-5-4-10(20)6-12(11)21/h4-8H,9H2,1-3H3. The first-order valence-corrected chi connectivity index (χ1v) is 9.81. The minimum atomic E-state index is -0.559.